The molecule has 0 N–H and O–H groups in total. The Bertz CT molecular complexity index is 341. The van der Waals surface area contributed by atoms with Crippen LogP contribution in [0.25, 0.3) is 0 Å². The Hall–Kier alpha value is -1.41. The molecular weight excluding hydrogens is 260 g/mol. The summed E-state index contributed by atoms with van der Waals surface area (Å²) in [7, 11) is 1.45. The van der Waals surface area contributed by atoms with Crippen molar-refractivity contribution in [2.45, 2.75) is 83.5 Å². The highest BCUT2D eigenvalue weighted by Crippen LogP contribution is 2.11. The Kier molecular flexibility index (Phi) is 15.5. The van der Waals surface area contributed by atoms with Crippen LogP contribution >= 0.6 is 0 Å². The summed E-state index contributed by atoms with van der Waals surface area (Å²) in [6, 6.07) is 0. The van der Waals surface area contributed by atoms with E-state index in [4.69, 9.17) is 6.42 Å². The van der Waals surface area contributed by atoms with Crippen LogP contribution in [0.3, 0.4) is 0 Å². The van der Waals surface area contributed by atoms with Gasteiger partial charge in [0.2, 0.25) is 0 Å². The van der Waals surface area contributed by atoms with Gasteiger partial charge in [-0.2, -0.15) is 0 Å². The maximum atomic E-state index is 10.9. The average molecular weight is 290 g/mol. The Balaban J connectivity index is 3.10. The fraction of sp³-hybridized carbons (Fsp3) is 0.737. The summed E-state index contributed by atoms with van der Waals surface area (Å²) in [6.45, 7) is 0. The minimum atomic E-state index is -0.0858. The smallest absolute Gasteiger partial charge is 0.305 e. The van der Waals surface area contributed by atoms with E-state index >= 15 is 0 Å². The molecule has 0 aliphatic heterocycles. The van der Waals surface area contributed by atoms with E-state index in [1.807, 2.05) is 0 Å². The average Bonchev–Trinajstić information content (AvgIpc) is 2.50. The predicted molar refractivity (Wildman–Crippen MR) is 88.6 cm³/mol. The zero-order chi connectivity index (χ0) is 15.6. The molecule has 0 rings (SSSR count). The van der Waals surface area contributed by atoms with Crippen LogP contribution in [0.5, 0.6) is 0 Å². The van der Waals surface area contributed by atoms with Crippen LogP contribution in [-0.4, -0.2) is 13.1 Å². The number of carbonyl (C=O) groups excluding carboxylic acids is 1. The van der Waals surface area contributed by atoms with Gasteiger partial charge in [-0.25, -0.2) is 0 Å². The molecule has 2 nitrogen and oxygen atoms in total. The summed E-state index contributed by atoms with van der Waals surface area (Å²) >= 11 is 0. The van der Waals surface area contributed by atoms with Crippen molar-refractivity contribution in [3.63, 3.8) is 0 Å². The molecule has 118 valence electrons. The van der Waals surface area contributed by atoms with Crippen molar-refractivity contribution in [3.8, 4) is 24.2 Å². The fourth-order valence-corrected chi connectivity index (χ4v) is 2.13. The minimum Gasteiger partial charge on any atom is -0.469 e. The molecule has 0 bridgehead atoms. The first kappa shape index (κ1) is 19.6. The second-order valence-corrected chi connectivity index (χ2v) is 5.32. The van der Waals surface area contributed by atoms with E-state index in [2.05, 4.69) is 22.5 Å². The number of ether oxygens (including phenoxy) is 1. The zero-order valence-electron chi connectivity index (χ0n) is 13.6. The van der Waals surface area contributed by atoms with Crippen LogP contribution in [0.1, 0.15) is 83.5 Å². The molecule has 0 spiro atoms. The van der Waals surface area contributed by atoms with Gasteiger partial charge in [0.25, 0.3) is 0 Å². The molecule has 0 aromatic heterocycles. The van der Waals surface area contributed by atoms with E-state index in [-0.39, 0.29) is 5.97 Å². The van der Waals surface area contributed by atoms with Gasteiger partial charge < -0.3 is 4.74 Å². The van der Waals surface area contributed by atoms with Crippen molar-refractivity contribution in [2.75, 3.05) is 7.11 Å². The van der Waals surface area contributed by atoms with Gasteiger partial charge in [0.15, 0.2) is 0 Å². The van der Waals surface area contributed by atoms with E-state index in [9.17, 15) is 4.79 Å². The second-order valence-electron chi connectivity index (χ2n) is 5.32. The topological polar surface area (TPSA) is 26.3 Å². The van der Waals surface area contributed by atoms with Crippen molar-refractivity contribution >= 4 is 5.97 Å². The highest BCUT2D eigenvalue weighted by molar-refractivity contribution is 5.68. The summed E-state index contributed by atoms with van der Waals surface area (Å²) in [6.07, 6.45) is 19.4. The quantitative estimate of drug-likeness (QED) is 0.291. The van der Waals surface area contributed by atoms with Crippen molar-refractivity contribution in [2.24, 2.45) is 0 Å². The van der Waals surface area contributed by atoms with Crippen molar-refractivity contribution < 1.29 is 9.53 Å². The van der Waals surface area contributed by atoms with Gasteiger partial charge in [-0.3, -0.25) is 4.79 Å². The van der Waals surface area contributed by atoms with E-state index in [0.717, 1.165) is 32.1 Å². The molecule has 0 atom stereocenters. The van der Waals surface area contributed by atoms with Crippen LogP contribution < -0.4 is 0 Å². The number of carbonyl (C=O) groups is 1. The molecule has 0 aromatic rings. The van der Waals surface area contributed by atoms with Crippen molar-refractivity contribution in [3.05, 3.63) is 0 Å². The molecule has 0 saturated carbocycles. The standard InChI is InChI=1S/C19H30O2/c1-3-4-5-6-7-8-9-10-11-12-13-14-15-16-17-18-19(20)21-2/h1H,4-5,8-18H2,2H3. The molecule has 0 heterocycles. The minimum absolute atomic E-state index is 0.0858. The first-order valence-corrected chi connectivity index (χ1v) is 8.27. The second kappa shape index (κ2) is 16.6. The van der Waals surface area contributed by atoms with E-state index in [1.165, 1.54) is 52.1 Å². The van der Waals surface area contributed by atoms with Crippen molar-refractivity contribution in [1.29, 1.82) is 0 Å². The van der Waals surface area contributed by atoms with E-state index in [0.29, 0.717) is 6.42 Å². The third kappa shape index (κ3) is 16.5. The SMILES string of the molecule is C#CCCC#CCCCCCCCCCCCC(=O)OC. The molecule has 0 aliphatic carbocycles. The number of methoxy groups -OCH3 is 1. The Morgan fingerprint density at radius 3 is 1.90 bits per heavy atom. The largest absolute Gasteiger partial charge is 0.469 e. The predicted octanol–water partition coefficient (Wildman–Crippen LogP) is 4.87. The molecule has 0 aromatic carbocycles. The first-order chi connectivity index (χ1) is 10.3. The third-order valence-corrected chi connectivity index (χ3v) is 3.43. The summed E-state index contributed by atoms with van der Waals surface area (Å²) < 4.78 is 4.61. The van der Waals surface area contributed by atoms with Gasteiger partial charge in [-0.15, -0.1) is 24.2 Å². The normalized spacial score (nSPS) is 9.52. The van der Waals surface area contributed by atoms with Gasteiger partial charge in [0.05, 0.1) is 7.11 Å². The zero-order valence-corrected chi connectivity index (χ0v) is 13.6. The number of rotatable bonds is 12. The van der Waals surface area contributed by atoms with Gasteiger partial charge >= 0.3 is 5.97 Å². The molecule has 0 unspecified atom stereocenters. The molecule has 0 radical (unpaired) electrons. The van der Waals surface area contributed by atoms with Gasteiger partial charge in [-0.1, -0.05) is 44.9 Å². The van der Waals surface area contributed by atoms with Crippen LogP contribution in [-0.2, 0) is 9.53 Å². The maximum absolute atomic E-state index is 10.9. The number of hydrogen-bond acceptors (Lipinski definition) is 2. The highest BCUT2D eigenvalue weighted by Gasteiger charge is 1.98. The molecule has 2 heteroatoms. The monoisotopic (exact) mass is 290 g/mol. The highest BCUT2D eigenvalue weighted by atomic mass is 16.5. The molecule has 0 aliphatic rings. The third-order valence-electron chi connectivity index (χ3n) is 3.43. The first-order valence-electron chi connectivity index (χ1n) is 8.27. The summed E-state index contributed by atoms with van der Waals surface area (Å²) in [5.41, 5.74) is 0. The Labute approximate surface area is 131 Å². The van der Waals surface area contributed by atoms with Crippen LogP contribution in [0, 0.1) is 24.2 Å². The molecule has 0 amide bonds. The lowest BCUT2D eigenvalue weighted by Gasteiger charge is -2.01. The molecule has 21 heavy (non-hydrogen) atoms. The van der Waals surface area contributed by atoms with Crippen LogP contribution in [0.4, 0.5) is 0 Å². The lowest BCUT2D eigenvalue weighted by Crippen LogP contribution is -1.99. The van der Waals surface area contributed by atoms with Gasteiger partial charge in [0, 0.05) is 25.7 Å². The summed E-state index contributed by atoms with van der Waals surface area (Å²) in [4.78, 5) is 10.9. The molecular formula is C19H30O2. The number of unbranched alkanes of at least 4 members (excludes halogenated alkanes) is 10. The summed E-state index contributed by atoms with van der Waals surface area (Å²) in [5, 5.41) is 0. The number of esters is 1. The Morgan fingerprint density at radius 2 is 1.33 bits per heavy atom. The van der Waals surface area contributed by atoms with Crippen molar-refractivity contribution in [1.82, 2.24) is 0 Å². The fourth-order valence-electron chi connectivity index (χ4n) is 2.13. The van der Waals surface area contributed by atoms with Gasteiger partial charge in [-0.05, 0) is 12.8 Å². The van der Waals surface area contributed by atoms with Crippen LogP contribution in [0.2, 0.25) is 0 Å². The Morgan fingerprint density at radius 1 is 0.810 bits per heavy atom. The van der Waals surface area contributed by atoms with E-state index < -0.39 is 0 Å². The number of hydrogen-bond donors (Lipinski definition) is 0. The maximum Gasteiger partial charge on any atom is 0.305 e. The van der Waals surface area contributed by atoms with Gasteiger partial charge in [0.1, 0.15) is 0 Å². The number of terminal acetylenes is 1. The molecule has 0 fully saturated rings. The van der Waals surface area contributed by atoms with E-state index in [1.54, 1.807) is 0 Å². The lowest BCUT2D eigenvalue weighted by atomic mass is 10.1. The lowest BCUT2D eigenvalue weighted by molar-refractivity contribution is -0.140. The summed E-state index contributed by atoms with van der Waals surface area (Å²) in [5.74, 6) is 8.79. The van der Waals surface area contributed by atoms with Crippen LogP contribution in [0.15, 0.2) is 0 Å². The molecule has 0 saturated heterocycles.